The minimum Gasteiger partial charge on any atom is -0.301 e. The Balaban J connectivity index is 4.99. The van der Waals surface area contributed by atoms with Crippen LogP contribution < -0.4 is 23.2 Å². The predicted molar refractivity (Wildman–Crippen MR) is 63.0 cm³/mol. The Kier molecular flexibility index (Phi) is 4.23. The van der Waals surface area contributed by atoms with Gasteiger partial charge in [-0.1, -0.05) is 11.7 Å². The van der Waals surface area contributed by atoms with Gasteiger partial charge in [0.05, 0.1) is 6.72 Å². The third-order valence-corrected chi connectivity index (χ3v) is 2.61. The van der Waals surface area contributed by atoms with E-state index in [2.05, 4.69) is 37.6 Å². The molecule has 0 spiro atoms. The second kappa shape index (κ2) is 4.50. The number of hydrogen-bond acceptors (Lipinski definition) is 8. The molecule has 0 heterocycles. The van der Waals surface area contributed by atoms with Crippen LogP contribution in [0, 0.1) is 0 Å². The van der Waals surface area contributed by atoms with E-state index in [-0.39, 0.29) is 0 Å². The molecule has 2 atom stereocenters. The van der Waals surface area contributed by atoms with Crippen molar-refractivity contribution in [1.82, 2.24) is 0 Å². The van der Waals surface area contributed by atoms with Gasteiger partial charge in [0.1, 0.15) is 10.3 Å². The summed E-state index contributed by atoms with van der Waals surface area (Å²) in [5, 5.41) is 1.87. The molecule has 16 heavy (non-hydrogen) atoms. The third-order valence-electron chi connectivity index (χ3n) is 1.95. The summed E-state index contributed by atoms with van der Waals surface area (Å²) in [4.78, 5) is 18.3. The standard InChI is InChI=1S/C6H17N7O2P/c1-5(16,11-2)6(7,8)4(14)15-13(9,10)12-3/h2-3,7-10,16H2,1H3/q+1. The zero-order valence-electron chi connectivity index (χ0n) is 8.96. The van der Waals surface area contributed by atoms with Crippen molar-refractivity contribution < 1.29 is 14.6 Å². The van der Waals surface area contributed by atoms with Gasteiger partial charge >= 0.3 is 5.97 Å². The molecule has 0 fully saturated rings. The number of nitrogens with two attached hydrogens (primary N) is 4. The molecule has 10 heteroatoms. The average molecular weight is 250 g/mol. The van der Waals surface area contributed by atoms with Gasteiger partial charge in [-0.2, -0.15) is 0 Å². The lowest BCUT2D eigenvalue weighted by Crippen LogP contribution is -2.71. The first-order valence-corrected chi connectivity index (χ1v) is 4.61. The van der Waals surface area contributed by atoms with Gasteiger partial charge in [0.25, 0.3) is 0 Å². The Hall–Kier alpha value is -0.960. The lowest BCUT2D eigenvalue weighted by Gasteiger charge is -2.34. The number of nitrogens with zero attached hydrogens (tertiary/aromatic N) is 3. The molecule has 2 unspecified atom stereocenters. The van der Waals surface area contributed by atoms with Gasteiger partial charge in [0.2, 0.25) is 0 Å². The van der Waals surface area contributed by atoms with Crippen LogP contribution in [-0.2, 0) is 9.63 Å². The Morgan fingerprint density at radius 1 is 1.44 bits per heavy atom. The lowest BCUT2D eigenvalue weighted by atomic mass is 10.0. The lowest BCUT2D eigenvalue weighted by molar-refractivity contribution is -1.12. The van der Waals surface area contributed by atoms with Gasteiger partial charge in [-0.25, -0.2) is 9.63 Å². The largest absolute Gasteiger partial charge is 0.412 e. The van der Waals surface area contributed by atoms with E-state index >= 15 is 0 Å². The van der Waals surface area contributed by atoms with Crippen molar-refractivity contribution in [2.24, 2.45) is 33.2 Å². The molecule has 0 aliphatic carbocycles. The van der Waals surface area contributed by atoms with E-state index in [1.807, 2.05) is 0 Å². The van der Waals surface area contributed by atoms with Crippen molar-refractivity contribution in [3.8, 4) is 0 Å². The third kappa shape index (κ3) is 3.01. The van der Waals surface area contributed by atoms with Crippen LogP contribution in [0.2, 0.25) is 0 Å². The first-order chi connectivity index (χ1) is 7.00. The summed E-state index contributed by atoms with van der Waals surface area (Å²) >= 11 is 0. The van der Waals surface area contributed by atoms with Gasteiger partial charge in [-0.3, -0.25) is 4.99 Å². The molecule has 0 radical (unpaired) electrons. The maximum absolute atomic E-state index is 11.6. The Morgan fingerprint density at radius 2 is 1.88 bits per heavy atom. The summed E-state index contributed by atoms with van der Waals surface area (Å²) in [5.74, 6) is 9.25. The molecule has 0 amide bonds. The summed E-state index contributed by atoms with van der Waals surface area (Å²) in [7, 11) is 2.18. The van der Waals surface area contributed by atoms with Crippen LogP contribution in [0.3, 0.4) is 0 Å². The van der Waals surface area contributed by atoms with Crippen molar-refractivity contribution in [3.05, 3.63) is 0 Å². The number of quaternary nitrogens is 1. The van der Waals surface area contributed by atoms with Crippen molar-refractivity contribution in [2.45, 2.75) is 17.9 Å². The minimum atomic E-state index is -1.98. The second-order valence-electron chi connectivity index (χ2n) is 3.37. The molecular weight excluding hydrogens is 233 g/mol. The monoisotopic (exact) mass is 250 g/mol. The number of aliphatic imine (C=N–C) groups is 1. The zero-order chi connectivity index (χ0) is 13.2. The molecule has 0 aliphatic rings. The van der Waals surface area contributed by atoms with Gasteiger partial charge in [-0.15, -0.1) is 9.24 Å². The van der Waals surface area contributed by atoms with E-state index in [1.165, 1.54) is 6.92 Å². The quantitative estimate of drug-likeness (QED) is 0.106. The fourth-order valence-corrected chi connectivity index (χ4v) is 0.693. The Morgan fingerprint density at radius 3 is 2.19 bits per heavy atom. The van der Waals surface area contributed by atoms with Gasteiger partial charge < -0.3 is 11.5 Å². The molecule has 0 bridgehead atoms. The van der Waals surface area contributed by atoms with Crippen LogP contribution >= 0.6 is 9.24 Å². The highest BCUT2D eigenvalue weighted by molar-refractivity contribution is 7.19. The van der Waals surface area contributed by atoms with E-state index in [0.29, 0.717) is 0 Å². The van der Waals surface area contributed by atoms with Crippen molar-refractivity contribution in [2.75, 3.05) is 0 Å². The molecule has 9 nitrogen and oxygen atoms in total. The molecule has 0 aromatic heterocycles. The van der Waals surface area contributed by atoms with Crippen LogP contribution in [-0.4, -0.2) is 35.3 Å². The molecular formula is C6H17N7O2P+. The van der Waals surface area contributed by atoms with Gasteiger partial charge in [0, 0.05) is 0 Å². The summed E-state index contributed by atoms with van der Waals surface area (Å²) in [6.45, 7) is 7.75. The molecule has 0 saturated carbocycles. The molecule has 0 aliphatic heterocycles. The molecule has 0 aromatic rings. The molecule has 0 saturated heterocycles. The summed E-state index contributed by atoms with van der Waals surface area (Å²) in [6, 6.07) is 0. The summed E-state index contributed by atoms with van der Waals surface area (Å²) < 4.78 is 0. The smallest absolute Gasteiger partial charge is 0.301 e. The second-order valence-corrected chi connectivity index (χ2v) is 4.49. The van der Waals surface area contributed by atoms with Crippen LogP contribution in [0.4, 0.5) is 0 Å². The van der Waals surface area contributed by atoms with E-state index in [9.17, 15) is 4.79 Å². The minimum absolute atomic E-state index is 1.10. The molecule has 8 N–H and O–H groups in total. The highest BCUT2D eigenvalue weighted by atomic mass is 31.0. The number of carbonyl (C=O) groups excluding carboxylic acids is 1. The van der Waals surface area contributed by atoms with Crippen molar-refractivity contribution >= 4 is 28.6 Å². The maximum Gasteiger partial charge on any atom is 0.412 e. The normalized spacial score (nSPS) is 16.1. The van der Waals surface area contributed by atoms with Crippen LogP contribution in [0.15, 0.2) is 10.1 Å². The Labute approximate surface area is 95.2 Å². The number of rotatable bonds is 5. The van der Waals surface area contributed by atoms with Crippen LogP contribution in [0.25, 0.3) is 0 Å². The number of hydrogen-bond donors (Lipinski definition) is 4. The molecule has 0 aromatic carbocycles. The van der Waals surface area contributed by atoms with E-state index in [4.69, 9.17) is 23.2 Å². The van der Waals surface area contributed by atoms with E-state index < -0.39 is 21.9 Å². The van der Waals surface area contributed by atoms with Gasteiger partial charge in [0.15, 0.2) is 5.66 Å². The average Bonchev–Trinajstić information content (AvgIpc) is 2.16. The summed E-state index contributed by atoms with van der Waals surface area (Å²) in [5.41, 5.74) is 9.17. The SMILES string of the molecule is C=NC(C)(P)C(N)(N)C(=O)O[N+](N)(N)N=C. The van der Waals surface area contributed by atoms with Gasteiger partial charge in [-0.05, 0) is 18.7 Å². The Bertz CT molecular complexity index is 314. The highest BCUT2D eigenvalue weighted by Crippen LogP contribution is 2.28. The summed E-state index contributed by atoms with van der Waals surface area (Å²) in [6.07, 6.45) is 0. The van der Waals surface area contributed by atoms with Crippen LogP contribution in [0.5, 0.6) is 0 Å². The number of carbonyl (C=O) groups is 1. The van der Waals surface area contributed by atoms with Crippen molar-refractivity contribution in [3.63, 3.8) is 0 Å². The fraction of sp³-hybridized carbons (Fsp3) is 0.500. The molecule has 0 rings (SSSR count). The first-order valence-electron chi connectivity index (χ1n) is 4.03. The van der Waals surface area contributed by atoms with Crippen molar-refractivity contribution in [1.29, 1.82) is 0 Å². The first kappa shape index (κ1) is 15.0. The van der Waals surface area contributed by atoms with E-state index in [1.54, 1.807) is 0 Å². The topological polar surface area (TPSA) is 155 Å². The zero-order valence-corrected chi connectivity index (χ0v) is 10.1. The van der Waals surface area contributed by atoms with E-state index in [0.717, 1.165) is 0 Å². The fourth-order valence-electron chi connectivity index (χ4n) is 0.575. The van der Waals surface area contributed by atoms with Crippen LogP contribution in [0.1, 0.15) is 6.92 Å². The highest BCUT2D eigenvalue weighted by Gasteiger charge is 2.50. The molecule has 92 valence electrons. The maximum atomic E-state index is 11.6. The predicted octanol–water partition coefficient (Wildman–Crippen LogP) is -2.47.